The lowest BCUT2D eigenvalue weighted by atomic mass is 9.93. The van der Waals surface area contributed by atoms with Crippen molar-refractivity contribution in [2.75, 3.05) is 14.2 Å². The van der Waals surface area contributed by atoms with Crippen LogP contribution in [0.5, 0.6) is 11.5 Å². The fraction of sp³-hybridized carbons (Fsp3) is 0.235. The Morgan fingerprint density at radius 1 is 1.05 bits per heavy atom. The second kappa shape index (κ2) is 7.14. The SMILES string of the molecule is COc1ccc([C@@H](Cc2cccc(OC)c2)C(=O)Cl)cc1. The van der Waals surface area contributed by atoms with Crippen LogP contribution in [0, 0.1) is 0 Å². The number of carbonyl (C=O) groups is 1. The van der Waals surface area contributed by atoms with E-state index in [0.717, 1.165) is 22.6 Å². The minimum atomic E-state index is -0.385. The Morgan fingerprint density at radius 2 is 1.71 bits per heavy atom. The van der Waals surface area contributed by atoms with E-state index in [4.69, 9.17) is 21.1 Å². The number of benzene rings is 2. The molecule has 0 bridgehead atoms. The molecule has 0 heterocycles. The van der Waals surface area contributed by atoms with Gasteiger partial charge >= 0.3 is 0 Å². The van der Waals surface area contributed by atoms with E-state index in [1.54, 1.807) is 14.2 Å². The highest BCUT2D eigenvalue weighted by molar-refractivity contribution is 6.64. The average molecular weight is 305 g/mol. The summed E-state index contributed by atoms with van der Waals surface area (Å²) in [4.78, 5) is 11.8. The van der Waals surface area contributed by atoms with Crippen molar-refractivity contribution in [1.82, 2.24) is 0 Å². The smallest absolute Gasteiger partial charge is 0.229 e. The molecule has 0 saturated carbocycles. The van der Waals surface area contributed by atoms with Gasteiger partial charge in [-0.3, -0.25) is 4.79 Å². The molecule has 0 aliphatic carbocycles. The maximum absolute atomic E-state index is 11.8. The fourth-order valence-electron chi connectivity index (χ4n) is 2.20. The zero-order valence-electron chi connectivity index (χ0n) is 12.0. The van der Waals surface area contributed by atoms with Gasteiger partial charge in [-0.05, 0) is 53.4 Å². The van der Waals surface area contributed by atoms with Crippen molar-refractivity contribution in [3.05, 3.63) is 59.7 Å². The van der Waals surface area contributed by atoms with Gasteiger partial charge in [-0.2, -0.15) is 0 Å². The van der Waals surface area contributed by atoms with Crippen molar-refractivity contribution in [3.8, 4) is 11.5 Å². The van der Waals surface area contributed by atoms with Crippen LogP contribution in [0.1, 0.15) is 17.0 Å². The highest BCUT2D eigenvalue weighted by Crippen LogP contribution is 2.26. The first-order valence-corrected chi connectivity index (χ1v) is 6.98. The van der Waals surface area contributed by atoms with Crippen molar-refractivity contribution < 1.29 is 14.3 Å². The number of carbonyl (C=O) groups excluding carboxylic acids is 1. The molecule has 1 atom stereocenters. The van der Waals surface area contributed by atoms with E-state index in [-0.39, 0.29) is 11.2 Å². The summed E-state index contributed by atoms with van der Waals surface area (Å²) in [6, 6.07) is 15.0. The average Bonchev–Trinajstić information content (AvgIpc) is 2.52. The summed E-state index contributed by atoms with van der Waals surface area (Å²) in [6.07, 6.45) is 0.534. The van der Waals surface area contributed by atoms with Crippen LogP contribution < -0.4 is 9.47 Å². The molecule has 0 saturated heterocycles. The molecule has 0 aliphatic rings. The van der Waals surface area contributed by atoms with Gasteiger partial charge in [-0.15, -0.1) is 0 Å². The molecule has 0 N–H and O–H groups in total. The van der Waals surface area contributed by atoms with Gasteiger partial charge in [0.2, 0.25) is 5.24 Å². The van der Waals surface area contributed by atoms with Gasteiger partial charge < -0.3 is 9.47 Å². The first-order chi connectivity index (χ1) is 10.1. The number of hydrogen-bond acceptors (Lipinski definition) is 3. The molecule has 110 valence electrons. The molecule has 21 heavy (non-hydrogen) atoms. The van der Waals surface area contributed by atoms with Crippen LogP contribution in [-0.4, -0.2) is 19.5 Å². The van der Waals surface area contributed by atoms with Crippen LogP contribution in [0.2, 0.25) is 0 Å². The summed E-state index contributed by atoms with van der Waals surface area (Å²) < 4.78 is 10.3. The monoisotopic (exact) mass is 304 g/mol. The summed E-state index contributed by atoms with van der Waals surface area (Å²) in [6.45, 7) is 0. The van der Waals surface area contributed by atoms with Crippen molar-refractivity contribution >= 4 is 16.8 Å². The molecule has 2 rings (SSSR count). The Balaban J connectivity index is 2.23. The van der Waals surface area contributed by atoms with Crippen LogP contribution in [-0.2, 0) is 11.2 Å². The predicted octanol–water partition coefficient (Wildman–Crippen LogP) is 3.80. The fourth-order valence-corrected chi connectivity index (χ4v) is 2.40. The van der Waals surface area contributed by atoms with Crippen LogP contribution in [0.25, 0.3) is 0 Å². The molecule has 3 nitrogen and oxygen atoms in total. The minimum Gasteiger partial charge on any atom is -0.497 e. The van der Waals surface area contributed by atoms with Crippen molar-refractivity contribution in [1.29, 1.82) is 0 Å². The Bertz CT molecular complexity index is 608. The predicted molar refractivity (Wildman–Crippen MR) is 83.3 cm³/mol. The summed E-state index contributed by atoms with van der Waals surface area (Å²) in [5, 5.41) is -0.372. The van der Waals surface area contributed by atoms with Gasteiger partial charge in [0.1, 0.15) is 11.5 Å². The molecule has 0 fully saturated rings. The number of hydrogen-bond donors (Lipinski definition) is 0. The normalized spacial score (nSPS) is 11.8. The van der Waals surface area contributed by atoms with Crippen LogP contribution >= 0.6 is 11.6 Å². The Morgan fingerprint density at radius 3 is 2.29 bits per heavy atom. The van der Waals surface area contributed by atoms with Gasteiger partial charge in [0.15, 0.2) is 0 Å². The molecule has 4 heteroatoms. The lowest BCUT2D eigenvalue weighted by Crippen LogP contribution is -2.10. The summed E-state index contributed by atoms with van der Waals surface area (Å²) >= 11 is 5.77. The van der Waals surface area contributed by atoms with E-state index in [1.165, 1.54) is 0 Å². The molecule has 0 unspecified atom stereocenters. The minimum absolute atomic E-state index is 0.372. The van der Waals surface area contributed by atoms with Gasteiger partial charge in [0, 0.05) is 0 Å². The van der Waals surface area contributed by atoms with E-state index in [1.807, 2.05) is 48.5 Å². The molecule has 0 amide bonds. The lowest BCUT2D eigenvalue weighted by molar-refractivity contribution is -0.113. The third-order valence-corrected chi connectivity index (χ3v) is 3.63. The molecule has 0 radical (unpaired) electrons. The third-order valence-electron chi connectivity index (χ3n) is 3.37. The summed E-state index contributed by atoms with van der Waals surface area (Å²) in [5.41, 5.74) is 1.88. The van der Waals surface area contributed by atoms with E-state index < -0.39 is 0 Å². The molecular weight excluding hydrogens is 288 g/mol. The maximum Gasteiger partial charge on any atom is 0.229 e. The van der Waals surface area contributed by atoms with Gasteiger partial charge in [-0.25, -0.2) is 0 Å². The topological polar surface area (TPSA) is 35.5 Å². The first kappa shape index (κ1) is 15.4. The van der Waals surface area contributed by atoms with Crippen LogP contribution in [0.3, 0.4) is 0 Å². The van der Waals surface area contributed by atoms with Crippen LogP contribution in [0.4, 0.5) is 0 Å². The Hall–Kier alpha value is -2.00. The molecule has 0 spiro atoms. The van der Waals surface area contributed by atoms with Crippen molar-refractivity contribution in [3.63, 3.8) is 0 Å². The summed E-state index contributed by atoms with van der Waals surface area (Å²) in [5.74, 6) is 1.13. The number of ether oxygens (including phenoxy) is 2. The highest BCUT2D eigenvalue weighted by Gasteiger charge is 2.19. The van der Waals surface area contributed by atoms with Crippen LogP contribution in [0.15, 0.2) is 48.5 Å². The number of rotatable bonds is 6. The van der Waals surface area contributed by atoms with Crippen molar-refractivity contribution in [2.24, 2.45) is 0 Å². The molecule has 0 aliphatic heterocycles. The summed E-state index contributed by atoms with van der Waals surface area (Å²) in [7, 11) is 3.22. The van der Waals surface area contributed by atoms with Crippen molar-refractivity contribution in [2.45, 2.75) is 12.3 Å². The standard InChI is InChI=1S/C17H17ClO3/c1-20-14-8-6-13(7-9-14)16(17(18)19)11-12-4-3-5-15(10-12)21-2/h3-10,16H,11H2,1-2H3/t16-/m1/s1. The second-order valence-electron chi connectivity index (χ2n) is 4.69. The van der Waals surface area contributed by atoms with Gasteiger partial charge in [0.05, 0.1) is 20.1 Å². The molecule has 2 aromatic carbocycles. The Labute approximate surface area is 129 Å². The van der Waals surface area contributed by atoms with E-state index in [0.29, 0.717) is 6.42 Å². The van der Waals surface area contributed by atoms with Gasteiger partial charge in [0.25, 0.3) is 0 Å². The maximum atomic E-state index is 11.8. The zero-order chi connectivity index (χ0) is 15.2. The second-order valence-corrected chi connectivity index (χ2v) is 5.06. The van der Waals surface area contributed by atoms with E-state index in [2.05, 4.69) is 0 Å². The number of halogens is 1. The molecule has 0 aromatic heterocycles. The lowest BCUT2D eigenvalue weighted by Gasteiger charge is -2.14. The van der Waals surface area contributed by atoms with E-state index in [9.17, 15) is 4.79 Å². The Kier molecular flexibility index (Phi) is 5.23. The highest BCUT2D eigenvalue weighted by atomic mass is 35.5. The number of methoxy groups -OCH3 is 2. The molecule has 2 aromatic rings. The van der Waals surface area contributed by atoms with Gasteiger partial charge in [-0.1, -0.05) is 24.3 Å². The third kappa shape index (κ3) is 3.99. The zero-order valence-corrected chi connectivity index (χ0v) is 12.8. The molecular formula is C17H17ClO3. The van der Waals surface area contributed by atoms with E-state index >= 15 is 0 Å². The first-order valence-electron chi connectivity index (χ1n) is 6.60. The quantitative estimate of drug-likeness (QED) is 0.762. The largest absolute Gasteiger partial charge is 0.497 e.